The summed E-state index contributed by atoms with van der Waals surface area (Å²) in [6, 6.07) is 3.85. The van der Waals surface area contributed by atoms with Gasteiger partial charge in [-0.3, -0.25) is 0 Å². The van der Waals surface area contributed by atoms with E-state index >= 15 is 0 Å². The van der Waals surface area contributed by atoms with E-state index in [0.29, 0.717) is 13.0 Å². The number of hydrogen-bond acceptors (Lipinski definition) is 3. The number of hydrogen-bond donors (Lipinski definition) is 1. The molecule has 1 rings (SSSR count). The summed E-state index contributed by atoms with van der Waals surface area (Å²) in [5.74, 6) is -1.71. The molecule has 0 aliphatic heterocycles. The highest BCUT2D eigenvalue weighted by Gasteiger charge is 2.15. The zero-order chi connectivity index (χ0) is 14.5. The maximum atomic E-state index is 13.6. The smallest absolute Gasteiger partial charge is 0.162 e. The van der Waals surface area contributed by atoms with Crippen LogP contribution in [-0.4, -0.2) is 33.0 Å². The molecule has 0 spiro atoms. The Morgan fingerprint density at radius 2 is 2.00 bits per heavy atom. The first-order valence-corrected chi connectivity index (χ1v) is 8.23. The molecule has 108 valence electrons. The summed E-state index contributed by atoms with van der Waals surface area (Å²) in [5.41, 5.74) is 0.263. The summed E-state index contributed by atoms with van der Waals surface area (Å²) in [7, 11) is -3.06. The van der Waals surface area contributed by atoms with Crippen molar-refractivity contribution in [2.24, 2.45) is 0 Å². The largest absolute Gasteiger partial charge is 0.314 e. The number of benzene rings is 1. The van der Waals surface area contributed by atoms with Crippen LogP contribution in [0.4, 0.5) is 8.78 Å². The fourth-order valence-corrected chi connectivity index (χ4v) is 2.61. The summed E-state index contributed by atoms with van der Waals surface area (Å²) < 4.78 is 49.0. The highest BCUT2D eigenvalue weighted by molar-refractivity contribution is 7.90. The van der Waals surface area contributed by atoms with Crippen molar-refractivity contribution in [3.8, 4) is 0 Å². The summed E-state index contributed by atoms with van der Waals surface area (Å²) in [6.45, 7) is 2.53. The van der Waals surface area contributed by atoms with E-state index in [4.69, 9.17) is 0 Å². The standard InChI is InChI=1S/C13H19F2NO2S/c1-3-16-11(7-8-19(2,17)18)9-10-5-4-6-12(14)13(10)15/h4-6,11,16H,3,7-9H2,1-2H3. The molecule has 0 amide bonds. The van der Waals surface area contributed by atoms with Crippen LogP contribution in [-0.2, 0) is 16.3 Å². The molecule has 0 heterocycles. The van der Waals surface area contributed by atoms with Crippen molar-refractivity contribution >= 4 is 9.84 Å². The molecule has 1 N–H and O–H groups in total. The maximum absolute atomic E-state index is 13.6. The van der Waals surface area contributed by atoms with Gasteiger partial charge in [-0.25, -0.2) is 17.2 Å². The van der Waals surface area contributed by atoms with Gasteiger partial charge in [0.1, 0.15) is 9.84 Å². The Hall–Kier alpha value is -1.01. The van der Waals surface area contributed by atoms with Gasteiger partial charge in [0.25, 0.3) is 0 Å². The van der Waals surface area contributed by atoms with Crippen LogP contribution in [0.2, 0.25) is 0 Å². The third kappa shape index (κ3) is 5.65. The predicted octanol–water partition coefficient (Wildman–Crippen LogP) is 1.92. The molecule has 0 aromatic heterocycles. The van der Waals surface area contributed by atoms with Gasteiger partial charge in [0, 0.05) is 12.3 Å². The minimum atomic E-state index is -3.06. The number of rotatable bonds is 7. The fourth-order valence-electron chi connectivity index (χ4n) is 1.89. The molecule has 1 aromatic rings. The van der Waals surface area contributed by atoms with Gasteiger partial charge in [0.2, 0.25) is 0 Å². The fraction of sp³-hybridized carbons (Fsp3) is 0.538. The lowest BCUT2D eigenvalue weighted by Crippen LogP contribution is -2.33. The van der Waals surface area contributed by atoms with E-state index in [1.807, 2.05) is 6.92 Å². The molecule has 0 saturated carbocycles. The predicted molar refractivity (Wildman–Crippen MR) is 71.9 cm³/mol. The van der Waals surface area contributed by atoms with E-state index in [0.717, 1.165) is 6.07 Å². The van der Waals surface area contributed by atoms with Gasteiger partial charge in [0.05, 0.1) is 5.75 Å². The molecular formula is C13H19F2NO2S. The van der Waals surface area contributed by atoms with Crippen molar-refractivity contribution in [2.75, 3.05) is 18.6 Å². The van der Waals surface area contributed by atoms with Gasteiger partial charge in [-0.05, 0) is 31.0 Å². The average molecular weight is 291 g/mol. The molecule has 1 aromatic carbocycles. The Labute approximate surface area is 112 Å². The third-order valence-electron chi connectivity index (χ3n) is 2.83. The Balaban J connectivity index is 2.75. The Morgan fingerprint density at radius 1 is 1.32 bits per heavy atom. The first-order chi connectivity index (χ1) is 8.83. The average Bonchev–Trinajstić information content (AvgIpc) is 2.31. The van der Waals surface area contributed by atoms with Crippen LogP contribution >= 0.6 is 0 Å². The Morgan fingerprint density at radius 3 is 2.58 bits per heavy atom. The zero-order valence-electron chi connectivity index (χ0n) is 11.1. The highest BCUT2D eigenvalue weighted by atomic mass is 32.2. The molecular weight excluding hydrogens is 272 g/mol. The number of likely N-dealkylation sites (N-methyl/N-ethyl adjacent to an activating group) is 1. The van der Waals surface area contributed by atoms with Gasteiger partial charge >= 0.3 is 0 Å². The molecule has 19 heavy (non-hydrogen) atoms. The molecule has 3 nitrogen and oxygen atoms in total. The van der Waals surface area contributed by atoms with Gasteiger partial charge < -0.3 is 5.32 Å². The van der Waals surface area contributed by atoms with Crippen LogP contribution < -0.4 is 5.32 Å². The first-order valence-electron chi connectivity index (χ1n) is 6.17. The van der Waals surface area contributed by atoms with E-state index < -0.39 is 21.5 Å². The van der Waals surface area contributed by atoms with Gasteiger partial charge in [0.15, 0.2) is 11.6 Å². The summed E-state index contributed by atoms with van der Waals surface area (Å²) in [6.07, 6.45) is 1.81. The van der Waals surface area contributed by atoms with Crippen LogP contribution in [0.25, 0.3) is 0 Å². The monoisotopic (exact) mass is 291 g/mol. The van der Waals surface area contributed by atoms with E-state index in [2.05, 4.69) is 5.32 Å². The van der Waals surface area contributed by atoms with Gasteiger partial charge in [-0.2, -0.15) is 0 Å². The third-order valence-corrected chi connectivity index (χ3v) is 3.81. The van der Waals surface area contributed by atoms with Crippen molar-refractivity contribution in [3.05, 3.63) is 35.4 Å². The second kappa shape index (κ2) is 6.96. The normalized spacial score (nSPS) is 13.5. The lowest BCUT2D eigenvalue weighted by molar-refractivity contribution is 0.468. The summed E-state index contributed by atoms with van der Waals surface area (Å²) in [5, 5.41) is 3.10. The van der Waals surface area contributed by atoms with E-state index in [-0.39, 0.29) is 23.8 Å². The highest BCUT2D eigenvalue weighted by Crippen LogP contribution is 2.14. The van der Waals surface area contributed by atoms with Gasteiger partial charge in [-0.1, -0.05) is 19.1 Å². The van der Waals surface area contributed by atoms with Crippen LogP contribution in [0.1, 0.15) is 18.9 Å². The molecule has 0 aliphatic carbocycles. The first kappa shape index (κ1) is 16.0. The van der Waals surface area contributed by atoms with Crippen LogP contribution in [0.5, 0.6) is 0 Å². The quantitative estimate of drug-likeness (QED) is 0.835. The van der Waals surface area contributed by atoms with Crippen molar-refractivity contribution in [1.82, 2.24) is 5.32 Å². The van der Waals surface area contributed by atoms with E-state index in [1.54, 1.807) is 0 Å². The molecule has 1 atom stereocenters. The zero-order valence-corrected chi connectivity index (χ0v) is 11.9. The molecule has 0 saturated heterocycles. The summed E-state index contributed by atoms with van der Waals surface area (Å²) in [4.78, 5) is 0. The second-order valence-corrected chi connectivity index (χ2v) is 6.85. The molecule has 1 unspecified atom stereocenters. The SMILES string of the molecule is CCNC(CCS(C)(=O)=O)Cc1cccc(F)c1F. The lowest BCUT2D eigenvalue weighted by Gasteiger charge is -2.18. The topological polar surface area (TPSA) is 46.2 Å². The van der Waals surface area contributed by atoms with Crippen molar-refractivity contribution in [1.29, 1.82) is 0 Å². The van der Waals surface area contributed by atoms with E-state index in [1.165, 1.54) is 18.4 Å². The summed E-state index contributed by atoms with van der Waals surface area (Å²) >= 11 is 0. The number of nitrogens with one attached hydrogen (secondary N) is 1. The van der Waals surface area contributed by atoms with Crippen LogP contribution in [0, 0.1) is 11.6 Å². The molecule has 0 aliphatic rings. The van der Waals surface area contributed by atoms with Crippen LogP contribution in [0.15, 0.2) is 18.2 Å². The second-order valence-electron chi connectivity index (χ2n) is 4.59. The molecule has 0 radical (unpaired) electrons. The maximum Gasteiger partial charge on any atom is 0.162 e. The number of halogens is 2. The minimum absolute atomic E-state index is 0.0294. The van der Waals surface area contributed by atoms with Crippen molar-refractivity contribution in [2.45, 2.75) is 25.8 Å². The minimum Gasteiger partial charge on any atom is -0.314 e. The van der Waals surface area contributed by atoms with Gasteiger partial charge in [-0.15, -0.1) is 0 Å². The number of sulfone groups is 1. The molecule has 0 fully saturated rings. The van der Waals surface area contributed by atoms with Crippen molar-refractivity contribution < 1.29 is 17.2 Å². The van der Waals surface area contributed by atoms with Crippen molar-refractivity contribution in [3.63, 3.8) is 0 Å². The lowest BCUT2D eigenvalue weighted by atomic mass is 10.0. The van der Waals surface area contributed by atoms with Crippen LogP contribution in [0.3, 0.4) is 0 Å². The molecule has 0 bridgehead atoms. The Kier molecular flexibility index (Phi) is 5.87. The van der Waals surface area contributed by atoms with E-state index in [9.17, 15) is 17.2 Å². The Bertz CT molecular complexity index is 517. The molecule has 6 heteroatoms.